The van der Waals surface area contributed by atoms with Gasteiger partial charge in [-0.25, -0.2) is 13.4 Å². The molecular weight excluding hydrogens is 336 g/mol. The van der Waals surface area contributed by atoms with Crippen molar-refractivity contribution in [1.29, 1.82) is 5.26 Å². The number of anilines is 1. The second-order valence-electron chi connectivity index (χ2n) is 4.57. The van der Waals surface area contributed by atoms with Gasteiger partial charge in [-0.2, -0.15) is 5.26 Å². The van der Waals surface area contributed by atoms with E-state index in [-0.39, 0.29) is 21.3 Å². The summed E-state index contributed by atoms with van der Waals surface area (Å²) in [5.41, 5.74) is 0.957. The molecule has 0 aliphatic rings. The molecule has 0 saturated heterocycles. The van der Waals surface area contributed by atoms with Crippen molar-refractivity contribution in [3.63, 3.8) is 0 Å². The first-order valence-corrected chi connectivity index (χ1v) is 8.30. The van der Waals surface area contributed by atoms with Gasteiger partial charge in [0.1, 0.15) is 16.1 Å². The summed E-state index contributed by atoms with van der Waals surface area (Å²) >= 11 is 5.84. The van der Waals surface area contributed by atoms with Crippen LogP contribution in [0.4, 0.5) is 5.69 Å². The van der Waals surface area contributed by atoms with Crippen molar-refractivity contribution in [2.45, 2.75) is 4.90 Å². The highest BCUT2D eigenvalue weighted by Crippen LogP contribution is 2.27. The van der Waals surface area contributed by atoms with Crippen LogP contribution < -0.4 is 4.72 Å². The number of hydrogen-bond donors (Lipinski definition) is 1. The highest BCUT2D eigenvalue weighted by molar-refractivity contribution is 7.92. The van der Waals surface area contributed by atoms with E-state index in [9.17, 15) is 13.7 Å². The summed E-state index contributed by atoms with van der Waals surface area (Å²) in [5, 5.41) is 9.81. The standard InChI is InChI=1S/C15H9ClN4O2S/c16-15-14(4-2-8-19-15)23(21,22)20-13-6-5-12-10(11(13)9-17)3-1-7-18-12/h1-8,20H. The van der Waals surface area contributed by atoms with Crippen LogP contribution in [0.1, 0.15) is 5.56 Å². The summed E-state index contributed by atoms with van der Waals surface area (Å²) in [6.45, 7) is 0. The van der Waals surface area contributed by atoms with Crippen LogP contribution >= 0.6 is 11.6 Å². The van der Waals surface area contributed by atoms with Crippen molar-refractivity contribution in [2.75, 3.05) is 4.72 Å². The maximum absolute atomic E-state index is 12.5. The monoisotopic (exact) mass is 344 g/mol. The Morgan fingerprint density at radius 2 is 1.83 bits per heavy atom. The molecule has 0 amide bonds. The lowest BCUT2D eigenvalue weighted by molar-refractivity contribution is 0.601. The fourth-order valence-electron chi connectivity index (χ4n) is 2.13. The molecule has 2 heterocycles. The van der Waals surface area contributed by atoms with Gasteiger partial charge in [-0.05, 0) is 36.4 Å². The lowest BCUT2D eigenvalue weighted by Gasteiger charge is -2.11. The van der Waals surface area contributed by atoms with Crippen molar-refractivity contribution in [1.82, 2.24) is 9.97 Å². The zero-order valence-electron chi connectivity index (χ0n) is 11.6. The molecule has 0 fully saturated rings. The van der Waals surface area contributed by atoms with Crippen molar-refractivity contribution >= 4 is 38.2 Å². The van der Waals surface area contributed by atoms with Gasteiger partial charge in [-0.1, -0.05) is 11.6 Å². The highest BCUT2D eigenvalue weighted by atomic mass is 35.5. The minimum atomic E-state index is -3.96. The lowest BCUT2D eigenvalue weighted by Crippen LogP contribution is -2.14. The summed E-state index contributed by atoms with van der Waals surface area (Å²) in [5.74, 6) is 0. The zero-order valence-corrected chi connectivity index (χ0v) is 13.1. The molecule has 114 valence electrons. The molecule has 1 N–H and O–H groups in total. The molecule has 23 heavy (non-hydrogen) atoms. The third-order valence-corrected chi connectivity index (χ3v) is 4.97. The third-order valence-electron chi connectivity index (χ3n) is 3.16. The average molecular weight is 345 g/mol. The molecule has 0 bridgehead atoms. The number of hydrogen-bond acceptors (Lipinski definition) is 5. The molecule has 0 saturated carbocycles. The first-order chi connectivity index (χ1) is 11.0. The molecule has 8 heteroatoms. The van der Waals surface area contributed by atoms with Gasteiger partial charge in [0.2, 0.25) is 0 Å². The Balaban J connectivity index is 2.12. The quantitative estimate of drug-likeness (QED) is 0.737. The number of nitrogens with zero attached hydrogens (tertiary/aromatic N) is 3. The number of sulfonamides is 1. The Labute approximate surface area is 137 Å². The van der Waals surface area contributed by atoms with Crippen molar-refractivity contribution in [3.05, 3.63) is 59.5 Å². The second kappa shape index (κ2) is 5.83. The van der Waals surface area contributed by atoms with E-state index < -0.39 is 10.0 Å². The topological polar surface area (TPSA) is 95.7 Å². The van der Waals surface area contributed by atoms with Crippen LogP contribution in [-0.4, -0.2) is 18.4 Å². The van der Waals surface area contributed by atoms with Crippen LogP contribution in [-0.2, 0) is 10.0 Å². The average Bonchev–Trinajstić information content (AvgIpc) is 2.54. The molecule has 3 rings (SSSR count). The molecule has 1 aromatic carbocycles. The Kier molecular flexibility index (Phi) is 3.86. The molecule has 6 nitrogen and oxygen atoms in total. The second-order valence-corrected chi connectivity index (χ2v) is 6.58. The number of halogens is 1. The molecule has 0 spiro atoms. The SMILES string of the molecule is N#Cc1c(NS(=O)(=O)c2cccnc2Cl)ccc2ncccc12. The number of pyridine rings is 2. The van der Waals surface area contributed by atoms with Crippen LogP contribution in [0.5, 0.6) is 0 Å². The summed E-state index contributed by atoms with van der Waals surface area (Å²) in [7, 11) is -3.96. The normalized spacial score (nSPS) is 11.1. The number of nitrogens with one attached hydrogen (secondary N) is 1. The summed E-state index contributed by atoms with van der Waals surface area (Å²) < 4.78 is 27.3. The molecule has 0 radical (unpaired) electrons. The fraction of sp³-hybridized carbons (Fsp3) is 0. The van der Waals surface area contributed by atoms with Gasteiger partial charge < -0.3 is 0 Å². The highest BCUT2D eigenvalue weighted by Gasteiger charge is 2.20. The van der Waals surface area contributed by atoms with E-state index in [1.54, 1.807) is 24.4 Å². The Morgan fingerprint density at radius 3 is 2.57 bits per heavy atom. The van der Waals surface area contributed by atoms with Gasteiger partial charge in [0.25, 0.3) is 10.0 Å². The maximum atomic E-state index is 12.5. The van der Waals surface area contributed by atoms with Crippen LogP contribution in [0.2, 0.25) is 5.15 Å². The molecule has 0 aliphatic heterocycles. The molecular formula is C15H9ClN4O2S. The molecule has 0 atom stereocenters. The van der Waals surface area contributed by atoms with E-state index in [1.807, 2.05) is 6.07 Å². The Bertz CT molecular complexity index is 1040. The van der Waals surface area contributed by atoms with Crippen molar-refractivity contribution in [2.24, 2.45) is 0 Å². The number of nitriles is 1. The summed E-state index contributed by atoms with van der Waals surface area (Å²) in [6.07, 6.45) is 2.99. The third kappa shape index (κ3) is 2.82. The summed E-state index contributed by atoms with van der Waals surface area (Å²) in [4.78, 5) is 7.74. The van der Waals surface area contributed by atoms with Crippen LogP contribution in [0, 0.1) is 11.3 Å². The Hall–Kier alpha value is -2.69. The van der Waals surface area contributed by atoms with Crippen LogP contribution in [0.25, 0.3) is 10.9 Å². The van der Waals surface area contributed by atoms with Crippen LogP contribution in [0.15, 0.2) is 53.7 Å². The first kappa shape index (κ1) is 15.2. The van der Waals surface area contributed by atoms with E-state index >= 15 is 0 Å². The molecule has 2 aromatic heterocycles. The lowest BCUT2D eigenvalue weighted by atomic mass is 10.1. The smallest absolute Gasteiger partial charge is 0.265 e. The van der Waals surface area contributed by atoms with Crippen molar-refractivity contribution < 1.29 is 8.42 Å². The van der Waals surface area contributed by atoms with E-state index in [0.717, 1.165) is 0 Å². The minimum Gasteiger partial charge on any atom is -0.278 e. The number of fused-ring (bicyclic) bond motifs is 1. The van der Waals surface area contributed by atoms with Gasteiger partial charge in [0.15, 0.2) is 0 Å². The number of benzene rings is 1. The van der Waals surface area contributed by atoms with Gasteiger partial charge >= 0.3 is 0 Å². The van der Waals surface area contributed by atoms with E-state index in [4.69, 9.17) is 11.6 Å². The zero-order chi connectivity index (χ0) is 16.4. The predicted molar refractivity (Wildman–Crippen MR) is 86.5 cm³/mol. The van der Waals surface area contributed by atoms with E-state index in [1.165, 1.54) is 24.4 Å². The first-order valence-electron chi connectivity index (χ1n) is 6.44. The molecule has 0 aliphatic carbocycles. The minimum absolute atomic E-state index is 0.138. The molecule has 0 unspecified atom stereocenters. The Morgan fingerprint density at radius 1 is 1.09 bits per heavy atom. The predicted octanol–water partition coefficient (Wildman–Crippen LogP) is 2.96. The van der Waals surface area contributed by atoms with Crippen LogP contribution in [0.3, 0.4) is 0 Å². The van der Waals surface area contributed by atoms with Gasteiger partial charge in [0.05, 0.1) is 16.8 Å². The molecule has 3 aromatic rings. The van der Waals surface area contributed by atoms with Gasteiger partial charge in [-0.15, -0.1) is 0 Å². The maximum Gasteiger partial charge on any atom is 0.265 e. The largest absolute Gasteiger partial charge is 0.278 e. The van der Waals surface area contributed by atoms with E-state index in [0.29, 0.717) is 10.9 Å². The fourth-order valence-corrected chi connectivity index (χ4v) is 3.66. The van der Waals surface area contributed by atoms with Gasteiger partial charge in [-0.3, -0.25) is 9.71 Å². The van der Waals surface area contributed by atoms with Crippen molar-refractivity contribution in [3.8, 4) is 6.07 Å². The van der Waals surface area contributed by atoms with Gasteiger partial charge in [0, 0.05) is 17.8 Å². The summed E-state index contributed by atoms with van der Waals surface area (Å²) in [6, 6.07) is 11.3. The number of aromatic nitrogens is 2. The number of rotatable bonds is 3. The van der Waals surface area contributed by atoms with E-state index in [2.05, 4.69) is 14.7 Å².